The van der Waals surface area contributed by atoms with Crippen molar-refractivity contribution in [2.24, 2.45) is 0 Å². The van der Waals surface area contributed by atoms with E-state index in [4.69, 9.17) is 9.84 Å². The highest BCUT2D eigenvalue weighted by Crippen LogP contribution is 2.30. The number of hydrogen-bond donors (Lipinski definition) is 1. The van der Waals surface area contributed by atoms with Gasteiger partial charge in [-0.05, 0) is 0 Å². The lowest BCUT2D eigenvalue weighted by Crippen LogP contribution is -2.02. The van der Waals surface area contributed by atoms with Crippen LogP contribution in [-0.4, -0.2) is 25.3 Å². The summed E-state index contributed by atoms with van der Waals surface area (Å²) in [5.74, 6) is -0.0489. The Morgan fingerprint density at radius 1 is 1.62 bits per heavy atom. The quantitative estimate of drug-likeness (QED) is 0.744. The lowest BCUT2D eigenvalue weighted by atomic mass is 10.3. The van der Waals surface area contributed by atoms with Crippen LogP contribution in [0.3, 0.4) is 0 Å². The highest BCUT2D eigenvalue weighted by atomic mass is 32.1. The van der Waals surface area contributed by atoms with Crippen molar-refractivity contribution in [1.29, 1.82) is 0 Å². The zero-order chi connectivity index (χ0) is 9.84. The van der Waals surface area contributed by atoms with E-state index in [9.17, 15) is 4.79 Å². The molecule has 0 aliphatic heterocycles. The molecule has 0 spiro atoms. The van der Waals surface area contributed by atoms with Crippen molar-refractivity contribution < 1.29 is 19.4 Å². The zero-order valence-electron chi connectivity index (χ0n) is 7.36. The van der Waals surface area contributed by atoms with E-state index in [1.54, 1.807) is 5.38 Å². The first-order chi connectivity index (χ1) is 6.24. The third-order valence-electron chi connectivity index (χ3n) is 1.57. The van der Waals surface area contributed by atoms with Crippen LogP contribution in [0.25, 0.3) is 0 Å². The lowest BCUT2D eigenvalue weighted by molar-refractivity contribution is 0.0597. The molecule has 1 aromatic heterocycles. The van der Waals surface area contributed by atoms with Crippen LogP contribution in [0.15, 0.2) is 5.38 Å². The average molecular weight is 202 g/mol. The van der Waals surface area contributed by atoms with Crippen molar-refractivity contribution in [2.45, 2.75) is 6.61 Å². The van der Waals surface area contributed by atoms with Crippen LogP contribution in [0.2, 0.25) is 0 Å². The molecule has 0 radical (unpaired) electrons. The fraction of sp³-hybridized carbons (Fsp3) is 0.375. The molecule has 0 aliphatic rings. The van der Waals surface area contributed by atoms with Crippen LogP contribution >= 0.6 is 11.3 Å². The van der Waals surface area contributed by atoms with E-state index in [1.165, 1.54) is 25.6 Å². The van der Waals surface area contributed by atoms with Gasteiger partial charge in [-0.1, -0.05) is 0 Å². The minimum atomic E-state index is -0.451. The summed E-state index contributed by atoms with van der Waals surface area (Å²) in [6.07, 6.45) is 0. The molecule has 1 N–H and O–H groups in total. The van der Waals surface area contributed by atoms with Crippen molar-refractivity contribution in [3.8, 4) is 5.75 Å². The van der Waals surface area contributed by atoms with Crippen molar-refractivity contribution >= 4 is 17.3 Å². The Morgan fingerprint density at radius 3 is 2.77 bits per heavy atom. The second-order valence-corrected chi connectivity index (χ2v) is 3.22. The molecule has 72 valence electrons. The average Bonchev–Trinajstić information content (AvgIpc) is 2.58. The predicted molar refractivity (Wildman–Crippen MR) is 48.1 cm³/mol. The van der Waals surface area contributed by atoms with E-state index >= 15 is 0 Å². The van der Waals surface area contributed by atoms with E-state index in [-0.39, 0.29) is 6.61 Å². The molecule has 0 atom stereocenters. The van der Waals surface area contributed by atoms with Crippen LogP contribution in [0.4, 0.5) is 0 Å². The van der Waals surface area contributed by atoms with Crippen LogP contribution < -0.4 is 4.74 Å². The standard InChI is InChI=1S/C8H10O4S/c1-11-7-5(8(10)12-2)4-13-6(7)3-9/h4,9H,3H2,1-2H3. The summed E-state index contributed by atoms with van der Waals surface area (Å²) in [5, 5.41) is 10.5. The SMILES string of the molecule is COC(=O)c1csc(CO)c1OC. The molecular weight excluding hydrogens is 192 g/mol. The van der Waals surface area contributed by atoms with Crippen LogP contribution in [0.1, 0.15) is 15.2 Å². The van der Waals surface area contributed by atoms with Gasteiger partial charge in [0.05, 0.1) is 25.7 Å². The van der Waals surface area contributed by atoms with E-state index in [0.29, 0.717) is 16.2 Å². The Labute approximate surface area is 79.7 Å². The Bertz CT molecular complexity index is 305. The molecule has 5 heteroatoms. The number of rotatable bonds is 3. The monoisotopic (exact) mass is 202 g/mol. The van der Waals surface area contributed by atoms with E-state index in [1.807, 2.05) is 0 Å². The predicted octanol–water partition coefficient (Wildman–Crippen LogP) is 1.04. The first-order valence-electron chi connectivity index (χ1n) is 3.58. The minimum absolute atomic E-state index is 0.134. The van der Waals surface area contributed by atoms with Crippen molar-refractivity contribution in [1.82, 2.24) is 0 Å². The Morgan fingerprint density at radius 2 is 2.31 bits per heavy atom. The molecule has 1 heterocycles. The number of thiophene rings is 1. The van der Waals surface area contributed by atoms with E-state index in [0.717, 1.165) is 0 Å². The lowest BCUT2D eigenvalue weighted by Gasteiger charge is -2.02. The molecule has 1 aromatic rings. The topological polar surface area (TPSA) is 55.8 Å². The van der Waals surface area contributed by atoms with Crippen molar-refractivity contribution in [3.05, 3.63) is 15.8 Å². The number of methoxy groups -OCH3 is 2. The van der Waals surface area contributed by atoms with Crippen LogP contribution in [0.5, 0.6) is 5.75 Å². The molecule has 0 bridgehead atoms. The summed E-state index contributed by atoms with van der Waals surface area (Å²) in [6, 6.07) is 0. The largest absolute Gasteiger partial charge is 0.495 e. The maximum atomic E-state index is 11.1. The number of aliphatic hydroxyl groups excluding tert-OH is 1. The number of ether oxygens (including phenoxy) is 2. The van der Waals surface area contributed by atoms with Crippen LogP contribution in [0, 0.1) is 0 Å². The minimum Gasteiger partial charge on any atom is -0.495 e. The third-order valence-corrected chi connectivity index (χ3v) is 2.52. The second kappa shape index (κ2) is 4.25. The summed E-state index contributed by atoms with van der Waals surface area (Å²) in [4.78, 5) is 11.8. The molecular formula is C8H10O4S. The Balaban J connectivity index is 3.07. The number of hydrogen-bond acceptors (Lipinski definition) is 5. The number of aliphatic hydroxyl groups is 1. The van der Waals surface area contributed by atoms with Gasteiger partial charge >= 0.3 is 5.97 Å². The second-order valence-electron chi connectivity index (χ2n) is 2.26. The zero-order valence-corrected chi connectivity index (χ0v) is 8.18. The molecule has 1 rings (SSSR count). The molecule has 0 aliphatic carbocycles. The normalized spacial score (nSPS) is 9.77. The van der Waals surface area contributed by atoms with E-state index < -0.39 is 5.97 Å². The summed E-state index contributed by atoms with van der Waals surface area (Å²) in [7, 11) is 2.76. The van der Waals surface area contributed by atoms with Gasteiger partial charge in [0.25, 0.3) is 0 Å². The van der Waals surface area contributed by atoms with Gasteiger partial charge in [-0.25, -0.2) is 4.79 Å². The van der Waals surface area contributed by atoms with Gasteiger partial charge in [-0.15, -0.1) is 11.3 Å². The third kappa shape index (κ3) is 1.81. The molecule has 0 amide bonds. The van der Waals surface area contributed by atoms with Gasteiger partial charge in [-0.2, -0.15) is 0 Å². The molecule has 0 aromatic carbocycles. The highest BCUT2D eigenvalue weighted by molar-refractivity contribution is 7.10. The van der Waals surface area contributed by atoms with Crippen LogP contribution in [-0.2, 0) is 11.3 Å². The van der Waals surface area contributed by atoms with Gasteiger partial charge in [0.1, 0.15) is 11.3 Å². The number of carbonyl (C=O) groups excluding carboxylic acids is 1. The molecule has 13 heavy (non-hydrogen) atoms. The molecule has 0 fully saturated rings. The van der Waals surface area contributed by atoms with Gasteiger partial charge in [0.2, 0.25) is 0 Å². The maximum Gasteiger partial charge on any atom is 0.342 e. The number of esters is 1. The molecule has 0 saturated carbocycles. The fourth-order valence-corrected chi connectivity index (χ4v) is 1.81. The highest BCUT2D eigenvalue weighted by Gasteiger charge is 2.18. The van der Waals surface area contributed by atoms with E-state index in [2.05, 4.69) is 4.74 Å². The summed E-state index contributed by atoms with van der Waals surface area (Å²) >= 11 is 1.27. The number of carbonyl (C=O) groups is 1. The summed E-state index contributed by atoms with van der Waals surface area (Å²) in [5.41, 5.74) is 0.360. The summed E-state index contributed by atoms with van der Waals surface area (Å²) < 4.78 is 9.52. The Kier molecular flexibility index (Phi) is 3.27. The van der Waals surface area contributed by atoms with Gasteiger partial charge in [0, 0.05) is 5.38 Å². The van der Waals surface area contributed by atoms with Gasteiger partial charge < -0.3 is 14.6 Å². The molecule has 4 nitrogen and oxygen atoms in total. The fourth-order valence-electron chi connectivity index (χ4n) is 0.971. The van der Waals surface area contributed by atoms with Crippen molar-refractivity contribution in [3.63, 3.8) is 0 Å². The smallest absolute Gasteiger partial charge is 0.342 e. The van der Waals surface area contributed by atoms with Gasteiger partial charge in [0.15, 0.2) is 0 Å². The summed E-state index contributed by atoms with van der Waals surface area (Å²) in [6.45, 7) is -0.134. The van der Waals surface area contributed by atoms with Crippen molar-refractivity contribution in [2.75, 3.05) is 14.2 Å². The molecule has 0 saturated heterocycles. The molecule has 0 unspecified atom stereocenters. The van der Waals surface area contributed by atoms with Gasteiger partial charge in [-0.3, -0.25) is 0 Å². The maximum absolute atomic E-state index is 11.1. The first kappa shape index (κ1) is 10.0. The Hall–Kier alpha value is -1.07. The first-order valence-corrected chi connectivity index (χ1v) is 4.46.